The van der Waals surface area contributed by atoms with Gasteiger partial charge in [0.05, 0.1) is 17.6 Å². The zero-order valence-electron chi connectivity index (χ0n) is 11.6. The fraction of sp³-hybridized carbons (Fsp3) is 0.133. The Morgan fingerprint density at radius 1 is 1.19 bits per heavy atom. The molecule has 106 valence electrons. The highest BCUT2D eigenvalue weighted by Gasteiger charge is 2.15. The SMILES string of the molecule is CCOc1cc(B(O)O)cc(-c2nc3ccccc3[nH]2)c1. The Labute approximate surface area is 122 Å². The lowest BCUT2D eigenvalue weighted by atomic mass is 9.79. The number of nitrogens with zero attached hydrogens (tertiary/aromatic N) is 1. The maximum absolute atomic E-state index is 9.40. The van der Waals surface area contributed by atoms with Gasteiger partial charge in [-0.05, 0) is 36.7 Å². The number of fused-ring (bicyclic) bond motifs is 1. The molecule has 0 fully saturated rings. The van der Waals surface area contributed by atoms with Gasteiger partial charge in [-0.25, -0.2) is 4.98 Å². The van der Waals surface area contributed by atoms with Crippen molar-refractivity contribution in [3.63, 3.8) is 0 Å². The summed E-state index contributed by atoms with van der Waals surface area (Å²) in [7, 11) is -1.55. The molecule has 21 heavy (non-hydrogen) atoms. The van der Waals surface area contributed by atoms with E-state index in [-0.39, 0.29) is 0 Å². The number of hydrogen-bond acceptors (Lipinski definition) is 4. The van der Waals surface area contributed by atoms with Crippen LogP contribution in [0.5, 0.6) is 5.75 Å². The molecule has 0 amide bonds. The summed E-state index contributed by atoms with van der Waals surface area (Å²) in [6, 6.07) is 12.8. The summed E-state index contributed by atoms with van der Waals surface area (Å²) in [4.78, 5) is 7.73. The van der Waals surface area contributed by atoms with Gasteiger partial charge in [0.1, 0.15) is 11.6 Å². The second-order valence-corrected chi connectivity index (χ2v) is 4.70. The standard InChI is InChI=1S/C15H15BN2O3/c1-2-21-12-8-10(7-11(9-12)16(19)20)15-17-13-5-3-4-6-14(13)18-15/h3-9,19-20H,2H2,1H3,(H,17,18). The van der Waals surface area contributed by atoms with Crippen molar-refractivity contribution >= 4 is 23.6 Å². The van der Waals surface area contributed by atoms with Gasteiger partial charge in [0.15, 0.2) is 0 Å². The zero-order chi connectivity index (χ0) is 14.8. The molecule has 5 nitrogen and oxygen atoms in total. The molecule has 0 radical (unpaired) electrons. The van der Waals surface area contributed by atoms with Crippen molar-refractivity contribution in [3.8, 4) is 17.1 Å². The van der Waals surface area contributed by atoms with Gasteiger partial charge in [-0.2, -0.15) is 0 Å². The number of aromatic nitrogens is 2. The lowest BCUT2D eigenvalue weighted by molar-refractivity contribution is 0.340. The third-order valence-corrected chi connectivity index (χ3v) is 3.20. The monoisotopic (exact) mass is 282 g/mol. The lowest BCUT2D eigenvalue weighted by Gasteiger charge is -2.08. The number of imidazole rings is 1. The summed E-state index contributed by atoms with van der Waals surface area (Å²) < 4.78 is 5.47. The van der Waals surface area contributed by atoms with Crippen LogP contribution in [0.15, 0.2) is 42.5 Å². The van der Waals surface area contributed by atoms with Crippen LogP contribution in [0.2, 0.25) is 0 Å². The molecular weight excluding hydrogens is 267 g/mol. The summed E-state index contributed by atoms with van der Waals surface area (Å²) in [6.45, 7) is 2.38. The predicted octanol–water partition coefficient (Wildman–Crippen LogP) is 1.31. The Kier molecular flexibility index (Phi) is 3.64. The Hall–Kier alpha value is -2.31. The van der Waals surface area contributed by atoms with Gasteiger partial charge in [-0.15, -0.1) is 0 Å². The third-order valence-electron chi connectivity index (χ3n) is 3.20. The first-order valence-corrected chi connectivity index (χ1v) is 6.76. The summed E-state index contributed by atoms with van der Waals surface area (Å²) in [5.74, 6) is 1.25. The summed E-state index contributed by atoms with van der Waals surface area (Å²) >= 11 is 0. The first-order chi connectivity index (χ1) is 10.2. The number of para-hydroxylation sites is 2. The van der Waals surface area contributed by atoms with Gasteiger partial charge in [-0.1, -0.05) is 18.2 Å². The van der Waals surface area contributed by atoms with Crippen LogP contribution in [0.4, 0.5) is 0 Å². The Balaban J connectivity index is 2.11. The fourth-order valence-corrected chi connectivity index (χ4v) is 2.25. The summed E-state index contributed by atoms with van der Waals surface area (Å²) in [5, 5.41) is 18.8. The number of nitrogens with one attached hydrogen (secondary N) is 1. The normalized spacial score (nSPS) is 10.8. The van der Waals surface area contributed by atoms with E-state index in [2.05, 4.69) is 9.97 Å². The number of H-pyrrole nitrogens is 1. The van der Waals surface area contributed by atoms with E-state index in [1.165, 1.54) is 0 Å². The average molecular weight is 282 g/mol. The van der Waals surface area contributed by atoms with E-state index in [0.717, 1.165) is 16.6 Å². The van der Waals surface area contributed by atoms with E-state index >= 15 is 0 Å². The maximum atomic E-state index is 9.40. The molecule has 6 heteroatoms. The van der Waals surface area contributed by atoms with Crippen LogP contribution in [0, 0.1) is 0 Å². The molecule has 0 saturated carbocycles. The van der Waals surface area contributed by atoms with Crippen LogP contribution in [-0.2, 0) is 0 Å². The van der Waals surface area contributed by atoms with Crippen LogP contribution in [-0.4, -0.2) is 33.7 Å². The van der Waals surface area contributed by atoms with Crippen molar-refractivity contribution in [3.05, 3.63) is 42.5 Å². The predicted molar refractivity (Wildman–Crippen MR) is 82.5 cm³/mol. The molecule has 1 heterocycles. The molecule has 3 rings (SSSR count). The minimum Gasteiger partial charge on any atom is -0.494 e. The molecule has 0 aliphatic rings. The van der Waals surface area contributed by atoms with Crippen LogP contribution >= 0.6 is 0 Å². The molecule has 0 unspecified atom stereocenters. The average Bonchev–Trinajstić information content (AvgIpc) is 2.91. The number of benzene rings is 2. The smallest absolute Gasteiger partial charge is 0.488 e. The number of rotatable bonds is 4. The van der Waals surface area contributed by atoms with Crippen molar-refractivity contribution in [2.24, 2.45) is 0 Å². The minimum atomic E-state index is -1.55. The van der Waals surface area contributed by atoms with E-state index in [4.69, 9.17) is 4.74 Å². The van der Waals surface area contributed by atoms with Gasteiger partial charge in [0, 0.05) is 5.56 Å². The van der Waals surface area contributed by atoms with Gasteiger partial charge in [0.2, 0.25) is 0 Å². The maximum Gasteiger partial charge on any atom is 0.488 e. The quantitative estimate of drug-likeness (QED) is 0.630. The Morgan fingerprint density at radius 3 is 2.71 bits per heavy atom. The van der Waals surface area contributed by atoms with E-state index in [1.807, 2.05) is 37.3 Å². The van der Waals surface area contributed by atoms with Crippen LogP contribution in [0.3, 0.4) is 0 Å². The highest BCUT2D eigenvalue weighted by atomic mass is 16.5. The van der Waals surface area contributed by atoms with Crippen molar-refractivity contribution < 1.29 is 14.8 Å². The summed E-state index contributed by atoms with van der Waals surface area (Å²) in [6.07, 6.45) is 0. The molecule has 0 bridgehead atoms. The van der Waals surface area contributed by atoms with Crippen molar-refractivity contribution in [1.29, 1.82) is 0 Å². The van der Waals surface area contributed by atoms with Crippen molar-refractivity contribution in [2.75, 3.05) is 6.61 Å². The minimum absolute atomic E-state index is 0.372. The number of aromatic amines is 1. The molecule has 0 aliphatic carbocycles. The van der Waals surface area contributed by atoms with Gasteiger partial charge < -0.3 is 19.8 Å². The molecule has 0 aliphatic heterocycles. The van der Waals surface area contributed by atoms with E-state index in [1.54, 1.807) is 12.1 Å². The number of hydrogen-bond donors (Lipinski definition) is 3. The number of ether oxygens (including phenoxy) is 1. The second kappa shape index (κ2) is 5.59. The Bertz CT molecular complexity index is 737. The van der Waals surface area contributed by atoms with Crippen LogP contribution in [0.1, 0.15) is 6.92 Å². The van der Waals surface area contributed by atoms with Crippen molar-refractivity contribution in [2.45, 2.75) is 6.92 Å². The fourth-order valence-electron chi connectivity index (χ4n) is 2.25. The first-order valence-electron chi connectivity index (χ1n) is 6.76. The first kappa shape index (κ1) is 13.7. The van der Waals surface area contributed by atoms with Crippen molar-refractivity contribution in [1.82, 2.24) is 9.97 Å². The third kappa shape index (κ3) is 2.77. The Morgan fingerprint density at radius 2 is 2.00 bits per heavy atom. The van der Waals surface area contributed by atoms with E-state index in [9.17, 15) is 10.0 Å². The molecule has 2 aromatic carbocycles. The lowest BCUT2D eigenvalue weighted by Crippen LogP contribution is -2.30. The molecule has 0 saturated heterocycles. The van der Waals surface area contributed by atoms with E-state index < -0.39 is 7.12 Å². The van der Waals surface area contributed by atoms with Gasteiger partial charge >= 0.3 is 7.12 Å². The topological polar surface area (TPSA) is 78.4 Å². The summed E-state index contributed by atoms with van der Waals surface area (Å²) in [5.41, 5.74) is 2.91. The van der Waals surface area contributed by atoms with Crippen LogP contribution in [0.25, 0.3) is 22.4 Å². The molecule has 3 N–H and O–H groups in total. The highest BCUT2D eigenvalue weighted by Crippen LogP contribution is 2.23. The zero-order valence-corrected chi connectivity index (χ0v) is 11.6. The van der Waals surface area contributed by atoms with Gasteiger partial charge in [0.25, 0.3) is 0 Å². The van der Waals surface area contributed by atoms with E-state index in [0.29, 0.717) is 23.6 Å². The molecule has 1 aromatic heterocycles. The highest BCUT2D eigenvalue weighted by molar-refractivity contribution is 6.58. The second-order valence-electron chi connectivity index (χ2n) is 4.70. The van der Waals surface area contributed by atoms with Gasteiger partial charge in [-0.3, -0.25) is 0 Å². The molecular formula is C15H15BN2O3. The van der Waals surface area contributed by atoms with Crippen LogP contribution < -0.4 is 10.2 Å². The largest absolute Gasteiger partial charge is 0.494 e. The molecule has 0 atom stereocenters. The molecule has 0 spiro atoms. The molecule has 3 aromatic rings.